The summed E-state index contributed by atoms with van der Waals surface area (Å²) in [5.74, 6) is -4.09. The second-order valence-corrected chi connectivity index (χ2v) is 18.1. The molecule has 20 heteroatoms. The lowest BCUT2D eigenvalue weighted by Crippen LogP contribution is -2.57. The minimum atomic E-state index is -1.59. The lowest BCUT2D eigenvalue weighted by Gasteiger charge is -2.37. The van der Waals surface area contributed by atoms with Crippen molar-refractivity contribution in [3.8, 4) is 0 Å². The summed E-state index contributed by atoms with van der Waals surface area (Å²) < 4.78 is 12.6. The highest BCUT2D eigenvalue weighted by Crippen LogP contribution is 2.26. The van der Waals surface area contributed by atoms with E-state index >= 15 is 0 Å². The fraction of sp³-hybridized carbons (Fsp3) is 0.615. The number of fused-ring (bicyclic) bond motifs is 2. The molecule has 7 N–H and O–H groups in total. The van der Waals surface area contributed by atoms with Gasteiger partial charge < -0.3 is 55.5 Å². The number of carboxylic acids is 1. The molecule has 18 nitrogen and oxygen atoms in total. The summed E-state index contributed by atoms with van der Waals surface area (Å²) in [6.45, 7) is 5.49. The number of morpholine rings is 1. The van der Waals surface area contributed by atoms with Crippen LogP contribution >= 0.6 is 21.6 Å². The van der Waals surface area contributed by atoms with Crippen molar-refractivity contribution in [1.29, 1.82) is 0 Å². The maximum atomic E-state index is 13.9. The summed E-state index contributed by atoms with van der Waals surface area (Å²) in [4.78, 5) is 96.6. The van der Waals surface area contributed by atoms with Crippen molar-refractivity contribution in [2.75, 3.05) is 71.0 Å². The van der Waals surface area contributed by atoms with Crippen molar-refractivity contribution in [2.45, 2.75) is 82.3 Å². The number of hydrogen-bond donors (Lipinski definition) is 7. The Morgan fingerprint density at radius 1 is 0.932 bits per heavy atom. The van der Waals surface area contributed by atoms with E-state index in [1.807, 2.05) is 30.5 Å². The van der Waals surface area contributed by atoms with Crippen LogP contribution in [0.5, 0.6) is 0 Å². The van der Waals surface area contributed by atoms with Gasteiger partial charge in [0.1, 0.15) is 37.3 Å². The van der Waals surface area contributed by atoms with Crippen LogP contribution in [0.1, 0.15) is 51.0 Å². The molecule has 5 rings (SSSR count). The molecular formula is C39H57N8O10S2+. The highest BCUT2D eigenvalue weighted by atomic mass is 33.1. The Kier molecular flexibility index (Phi) is 17.3. The number of aliphatic carboxylic acids is 1. The number of para-hydroxylation sites is 1. The summed E-state index contributed by atoms with van der Waals surface area (Å²) in [6.07, 6.45) is 2.67. The van der Waals surface area contributed by atoms with Gasteiger partial charge in [-0.3, -0.25) is 33.6 Å². The smallest absolute Gasteiger partial charge is 0.305 e. The molecule has 0 aliphatic carbocycles. The van der Waals surface area contributed by atoms with Gasteiger partial charge in [-0.1, -0.05) is 39.8 Å². The number of nitrogens with zero attached hydrogens (tertiary/aromatic N) is 2. The van der Waals surface area contributed by atoms with Gasteiger partial charge in [-0.2, -0.15) is 0 Å². The molecule has 2 aromatic rings. The molecule has 324 valence electrons. The molecule has 0 bridgehead atoms. The molecule has 4 heterocycles. The van der Waals surface area contributed by atoms with E-state index in [0.717, 1.165) is 47.0 Å². The molecule has 5 atom stereocenters. The van der Waals surface area contributed by atoms with Gasteiger partial charge in [0.05, 0.1) is 52.5 Å². The van der Waals surface area contributed by atoms with E-state index in [1.54, 1.807) is 0 Å². The number of amides is 6. The molecule has 1 aromatic heterocycles. The molecule has 3 aliphatic rings. The topological polar surface area (TPSA) is 237 Å². The largest absolute Gasteiger partial charge is 0.481 e. The SMILES string of the molecule is C[C@@H]1NC(=O)[C@H](CC(=O)O)NC(=O)CNC(=O)[C@H](CCCC[N+]2(C)CCOCC2)NC(=O)CCSSCCNC(=O)C2CC(OCc3c[nH]c4ccccc34)CN2C1=O. The number of quaternary nitrogens is 1. The van der Waals surface area contributed by atoms with E-state index in [2.05, 4.69) is 38.6 Å². The average molecular weight is 862 g/mol. The zero-order chi connectivity index (χ0) is 42.4. The summed E-state index contributed by atoms with van der Waals surface area (Å²) in [6, 6.07) is 3.15. The predicted octanol–water partition coefficient (Wildman–Crippen LogP) is 0.268. The zero-order valence-corrected chi connectivity index (χ0v) is 35.3. The number of carbonyl (C=O) groups excluding carboxylic acids is 6. The van der Waals surface area contributed by atoms with Gasteiger partial charge in [0.25, 0.3) is 0 Å². The van der Waals surface area contributed by atoms with Crippen LogP contribution in [0.15, 0.2) is 30.5 Å². The lowest BCUT2D eigenvalue weighted by atomic mass is 10.1. The predicted molar refractivity (Wildman–Crippen MR) is 222 cm³/mol. The van der Waals surface area contributed by atoms with Crippen LogP contribution in [0.25, 0.3) is 10.9 Å². The minimum Gasteiger partial charge on any atom is -0.481 e. The molecule has 0 saturated carbocycles. The molecule has 3 saturated heterocycles. The number of hydrogen-bond acceptors (Lipinski definition) is 11. The molecule has 59 heavy (non-hydrogen) atoms. The van der Waals surface area contributed by atoms with Crippen LogP contribution < -0.4 is 26.6 Å². The maximum Gasteiger partial charge on any atom is 0.305 e. The van der Waals surface area contributed by atoms with Crippen molar-refractivity contribution < 1.29 is 52.6 Å². The first-order chi connectivity index (χ1) is 28.3. The van der Waals surface area contributed by atoms with Gasteiger partial charge in [-0.05, 0) is 32.3 Å². The number of aromatic amines is 1. The third-order valence-electron chi connectivity index (χ3n) is 10.8. The Hall–Kier alpha value is -4.37. The second kappa shape index (κ2) is 22.3. The molecule has 0 spiro atoms. The van der Waals surface area contributed by atoms with Crippen LogP contribution in [0.4, 0.5) is 0 Å². The first-order valence-corrected chi connectivity index (χ1v) is 22.6. The van der Waals surface area contributed by atoms with Gasteiger partial charge >= 0.3 is 5.97 Å². The monoisotopic (exact) mass is 861 g/mol. The van der Waals surface area contributed by atoms with Gasteiger partial charge in [-0.25, -0.2) is 0 Å². The highest BCUT2D eigenvalue weighted by molar-refractivity contribution is 8.76. The number of rotatable bonds is 10. The van der Waals surface area contributed by atoms with Crippen LogP contribution in [0, 0.1) is 0 Å². The van der Waals surface area contributed by atoms with Gasteiger partial charge in [-0.15, -0.1) is 0 Å². The van der Waals surface area contributed by atoms with E-state index in [9.17, 15) is 38.7 Å². The van der Waals surface area contributed by atoms with Crippen molar-refractivity contribution in [3.63, 3.8) is 0 Å². The number of aromatic nitrogens is 1. The van der Waals surface area contributed by atoms with Crippen molar-refractivity contribution in [3.05, 3.63) is 36.0 Å². The summed E-state index contributed by atoms with van der Waals surface area (Å²) in [5.41, 5.74) is 1.87. The third kappa shape index (κ3) is 13.8. The van der Waals surface area contributed by atoms with Crippen molar-refractivity contribution in [2.24, 2.45) is 0 Å². The molecule has 0 radical (unpaired) electrons. The number of unbranched alkanes of at least 4 members (excludes halogenated alkanes) is 1. The molecule has 1 aromatic carbocycles. The van der Waals surface area contributed by atoms with Gasteiger partial charge in [0.2, 0.25) is 35.4 Å². The number of carboxylic acid groups (broad SMARTS) is 1. The number of H-pyrrole nitrogens is 1. The minimum absolute atomic E-state index is 0.0656. The number of likely N-dealkylation sites (N-methyl/N-ethyl adjacent to an activating group) is 1. The van der Waals surface area contributed by atoms with Crippen LogP contribution in [-0.4, -0.2) is 162 Å². The van der Waals surface area contributed by atoms with E-state index in [-0.39, 0.29) is 38.4 Å². The number of ether oxygens (including phenoxy) is 2. The Bertz CT molecular complexity index is 1810. The summed E-state index contributed by atoms with van der Waals surface area (Å²) >= 11 is 0. The first-order valence-electron chi connectivity index (χ1n) is 20.1. The normalized spacial score (nSPS) is 25.9. The Morgan fingerprint density at radius 3 is 2.46 bits per heavy atom. The first kappa shape index (κ1) is 45.7. The molecule has 3 fully saturated rings. The van der Waals surface area contributed by atoms with Gasteiger partial charge in [0, 0.05) is 60.1 Å². The lowest BCUT2D eigenvalue weighted by molar-refractivity contribution is -0.917. The average Bonchev–Trinajstić information content (AvgIpc) is 3.83. The van der Waals surface area contributed by atoms with Crippen LogP contribution in [0.3, 0.4) is 0 Å². The molecule has 2 unspecified atom stereocenters. The van der Waals surface area contributed by atoms with E-state index in [0.29, 0.717) is 37.6 Å². The third-order valence-corrected chi connectivity index (χ3v) is 13.2. The Balaban J connectivity index is 1.24. The van der Waals surface area contributed by atoms with Crippen molar-refractivity contribution >= 4 is 73.9 Å². The number of carbonyl (C=O) groups is 7. The molecular weight excluding hydrogens is 805 g/mol. The quantitative estimate of drug-likeness (QED) is 0.0969. The van der Waals surface area contributed by atoms with Crippen molar-refractivity contribution in [1.82, 2.24) is 36.5 Å². The van der Waals surface area contributed by atoms with E-state index in [4.69, 9.17) is 9.47 Å². The Labute approximate surface area is 351 Å². The van der Waals surface area contributed by atoms with Crippen LogP contribution in [-0.2, 0) is 49.6 Å². The highest BCUT2D eigenvalue weighted by Gasteiger charge is 2.42. The maximum absolute atomic E-state index is 13.9. The van der Waals surface area contributed by atoms with E-state index < -0.39 is 78.7 Å². The molecule has 3 aliphatic heterocycles. The molecule has 6 amide bonds. The fourth-order valence-corrected chi connectivity index (χ4v) is 9.28. The Morgan fingerprint density at radius 2 is 1.68 bits per heavy atom. The fourth-order valence-electron chi connectivity index (χ4n) is 7.38. The number of nitrogens with one attached hydrogen (secondary N) is 6. The summed E-state index contributed by atoms with van der Waals surface area (Å²) in [5, 5.41) is 23.7. The zero-order valence-electron chi connectivity index (χ0n) is 33.6. The second-order valence-electron chi connectivity index (χ2n) is 15.4. The van der Waals surface area contributed by atoms with Gasteiger partial charge in [0.15, 0.2) is 0 Å². The van der Waals surface area contributed by atoms with Crippen LogP contribution in [0.2, 0.25) is 0 Å². The standard InChI is InChI=1S/C39H56N8O10S2/c1-25-39(55)46-23-27(57-24-26-21-41-29-8-4-3-7-28(26)29)19-32(46)38(54)40-11-18-59-58-17-10-33(48)44-30(9-5-6-12-47(2)13-15-56-16-14-47)36(52)42-22-34(49)45-31(20-35(50)51)37(53)43-25/h3-4,7-8,21,25,27,30-32,41H,5-6,9-20,22-24H2,1-2H3,(H5-,40,42,43,44,45,48,49,50,51,52,53,54)/p+1/t25-,27?,30-,31-,32?/m0/s1. The summed E-state index contributed by atoms with van der Waals surface area (Å²) in [7, 11) is 5.10. The number of benzene rings is 1. The van der Waals surface area contributed by atoms with E-state index in [1.165, 1.54) is 33.4 Å².